The first-order chi connectivity index (χ1) is 9.80. The minimum atomic E-state index is 0.706. The summed E-state index contributed by atoms with van der Waals surface area (Å²) in [4.78, 5) is 19.4. The second-order valence-corrected chi connectivity index (χ2v) is 4.16. The van der Waals surface area contributed by atoms with E-state index in [1.807, 2.05) is 18.2 Å². The van der Waals surface area contributed by atoms with Crippen LogP contribution < -0.4 is 0 Å². The number of hydrogen-bond donors (Lipinski definition) is 2. The Morgan fingerprint density at radius 2 is 1.30 bits per heavy atom. The van der Waals surface area contributed by atoms with Crippen LogP contribution in [-0.4, -0.2) is 24.9 Å². The third kappa shape index (κ3) is 2.16. The largest absolute Gasteiger partial charge is 0.343 e. The maximum absolute atomic E-state index is 4.55. The van der Waals surface area contributed by atoms with E-state index in [0.29, 0.717) is 11.6 Å². The lowest BCUT2D eigenvalue weighted by atomic mass is 10.3. The molecule has 0 fully saturated rings. The van der Waals surface area contributed by atoms with Crippen molar-refractivity contribution in [3.05, 3.63) is 55.1 Å². The molecule has 3 heterocycles. The summed E-state index contributed by atoms with van der Waals surface area (Å²) in [7, 11) is 0. The van der Waals surface area contributed by atoms with Gasteiger partial charge in [0.25, 0.3) is 0 Å². The molecule has 5 heteroatoms. The van der Waals surface area contributed by atoms with E-state index in [2.05, 4.69) is 38.1 Å². The van der Waals surface area contributed by atoms with Crippen molar-refractivity contribution in [2.75, 3.05) is 0 Å². The topological polar surface area (TPSA) is 70.2 Å². The Labute approximate surface area is 116 Å². The Balaban J connectivity index is 2.00. The standard InChI is InChI=1S/C15H13N5/c1-3-10-8-16-14(18-10)12-6-5-7-13(20-12)15-17-9-11(4-2)19-15/h3-9H,1-2H2,(H,16,18)(H,17,19). The lowest BCUT2D eigenvalue weighted by molar-refractivity contribution is 1.19. The molecule has 2 N–H and O–H groups in total. The molecular formula is C15H13N5. The zero-order valence-corrected chi connectivity index (χ0v) is 10.8. The second kappa shape index (κ2) is 4.97. The molecule has 0 unspecified atom stereocenters. The monoisotopic (exact) mass is 263 g/mol. The maximum atomic E-state index is 4.55. The Morgan fingerprint density at radius 1 is 0.800 bits per heavy atom. The molecule has 0 radical (unpaired) electrons. The van der Waals surface area contributed by atoms with Gasteiger partial charge in [-0.1, -0.05) is 19.2 Å². The summed E-state index contributed by atoms with van der Waals surface area (Å²) in [5, 5.41) is 0. The molecule has 0 saturated carbocycles. The Hall–Kier alpha value is -2.95. The summed E-state index contributed by atoms with van der Waals surface area (Å²) >= 11 is 0. The SMILES string of the molecule is C=Cc1c[nH]c(-c2cccc(-c3nc(C=C)c[nH]3)n2)n1. The lowest BCUT2D eigenvalue weighted by Crippen LogP contribution is -1.90. The van der Waals surface area contributed by atoms with Crippen molar-refractivity contribution >= 4 is 12.2 Å². The number of aromatic amines is 2. The van der Waals surface area contributed by atoms with E-state index in [-0.39, 0.29) is 0 Å². The highest BCUT2D eigenvalue weighted by Crippen LogP contribution is 2.19. The normalized spacial score (nSPS) is 10.4. The van der Waals surface area contributed by atoms with Gasteiger partial charge < -0.3 is 9.97 Å². The van der Waals surface area contributed by atoms with Crippen LogP contribution in [0, 0.1) is 0 Å². The third-order valence-electron chi connectivity index (χ3n) is 2.85. The molecule has 98 valence electrons. The Morgan fingerprint density at radius 3 is 1.70 bits per heavy atom. The predicted molar refractivity (Wildman–Crippen MR) is 79.6 cm³/mol. The van der Waals surface area contributed by atoms with E-state index in [1.165, 1.54) is 0 Å². The van der Waals surface area contributed by atoms with E-state index >= 15 is 0 Å². The van der Waals surface area contributed by atoms with Crippen molar-refractivity contribution in [1.29, 1.82) is 0 Å². The van der Waals surface area contributed by atoms with E-state index in [1.54, 1.807) is 24.5 Å². The molecule has 20 heavy (non-hydrogen) atoms. The molecule has 3 aromatic heterocycles. The van der Waals surface area contributed by atoms with Crippen LogP contribution in [0.2, 0.25) is 0 Å². The molecule has 0 aromatic carbocycles. The van der Waals surface area contributed by atoms with Crippen LogP contribution in [0.5, 0.6) is 0 Å². The molecule has 0 aliphatic carbocycles. The summed E-state index contributed by atoms with van der Waals surface area (Å²) in [5.74, 6) is 1.41. The van der Waals surface area contributed by atoms with Gasteiger partial charge in [0, 0.05) is 12.4 Å². The molecular weight excluding hydrogens is 250 g/mol. The first-order valence-corrected chi connectivity index (χ1v) is 6.13. The number of H-pyrrole nitrogens is 2. The first-order valence-electron chi connectivity index (χ1n) is 6.13. The number of nitrogens with zero attached hydrogens (tertiary/aromatic N) is 3. The van der Waals surface area contributed by atoms with Crippen molar-refractivity contribution in [2.24, 2.45) is 0 Å². The average molecular weight is 263 g/mol. The van der Waals surface area contributed by atoms with Gasteiger partial charge in [0.2, 0.25) is 0 Å². The highest BCUT2D eigenvalue weighted by atomic mass is 15.0. The fraction of sp³-hybridized carbons (Fsp3) is 0. The van der Waals surface area contributed by atoms with Crippen LogP contribution in [0.1, 0.15) is 11.4 Å². The van der Waals surface area contributed by atoms with Crippen molar-refractivity contribution in [1.82, 2.24) is 24.9 Å². The number of pyridine rings is 1. The van der Waals surface area contributed by atoms with Crippen LogP contribution in [0.3, 0.4) is 0 Å². The molecule has 0 spiro atoms. The molecule has 0 aliphatic heterocycles. The van der Waals surface area contributed by atoms with Gasteiger partial charge in [0.15, 0.2) is 11.6 Å². The van der Waals surface area contributed by atoms with Gasteiger partial charge in [-0.15, -0.1) is 0 Å². The van der Waals surface area contributed by atoms with Gasteiger partial charge >= 0.3 is 0 Å². The van der Waals surface area contributed by atoms with Gasteiger partial charge in [-0.3, -0.25) is 0 Å². The van der Waals surface area contributed by atoms with Crippen LogP contribution in [0.4, 0.5) is 0 Å². The number of rotatable bonds is 4. The van der Waals surface area contributed by atoms with Gasteiger partial charge in [-0.2, -0.15) is 0 Å². The minimum Gasteiger partial charge on any atom is -0.343 e. The molecule has 0 bridgehead atoms. The number of imidazole rings is 2. The molecule has 3 rings (SSSR count). The van der Waals surface area contributed by atoms with E-state index in [0.717, 1.165) is 22.8 Å². The first kappa shape index (κ1) is 12.1. The van der Waals surface area contributed by atoms with Crippen LogP contribution in [-0.2, 0) is 0 Å². The number of aromatic nitrogens is 5. The third-order valence-corrected chi connectivity index (χ3v) is 2.85. The number of hydrogen-bond acceptors (Lipinski definition) is 3. The molecule has 0 amide bonds. The summed E-state index contributed by atoms with van der Waals surface area (Å²) in [6.45, 7) is 7.38. The summed E-state index contributed by atoms with van der Waals surface area (Å²) in [6, 6.07) is 5.71. The van der Waals surface area contributed by atoms with Crippen molar-refractivity contribution in [3.63, 3.8) is 0 Å². The van der Waals surface area contributed by atoms with Crippen molar-refractivity contribution < 1.29 is 0 Å². The molecule has 0 saturated heterocycles. The van der Waals surface area contributed by atoms with Crippen molar-refractivity contribution in [2.45, 2.75) is 0 Å². The van der Waals surface area contributed by atoms with Crippen molar-refractivity contribution in [3.8, 4) is 23.0 Å². The summed E-state index contributed by atoms with van der Waals surface area (Å²) < 4.78 is 0. The Kier molecular flexibility index (Phi) is 3.01. The predicted octanol–water partition coefficient (Wildman–Crippen LogP) is 3.15. The van der Waals surface area contributed by atoms with Gasteiger partial charge in [0.1, 0.15) is 11.4 Å². The van der Waals surface area contributed by atoms with Gasteiger partial charge in [-0.25, -0.2) is 15.0 Å². The minimum absolute atomic E-state index is 0.706. The lowest BCUT2D eigenvalue weighted by Gasteiger charge is -1.99. The highest BCUT2D eigenvalue weighted by Gasteiger charge is 2.08. The molecule has 0 atom stereocenters. The maximum Gasteiger partial charge on any atom is 0.156 e. The molecule has 5 nitrogen and oxygen atoms in total. The molecule has 0 aliphatic rings. The quantitative estimate of drug-likeness (QED) is 0.759. The zero-order chi connectivity index (χ0) is 13.9. The molecule has 3 aromatic rings. The van der Waals surface area contributed by atoms with E-state index in [4.69, 9.17) is 0 Å². The summed E-state index contributed by atoms with van der Waals surface area (Å²) in [5.41, 5.74) is 3.09. The van der Waals surface area contributed by atoms with Crippen LogP contribution in [0.25, 0.3) is 35.2 Å². The number of nitrogens with one attached hydrogen (secondary N) is 2. The fourth-order valence-electron chi connectivity index (χ4n) is 1.84. The van der Waals surface area contributed by atoms with E-state index < -0.39 is 0 Å². The fourth-order valence-corrected chi connectivity index (χ4v) is 1.84. The van der Waals surface area contributed by atoms with Gasteiger partial charge in [-0.05, 0) is 24.3 Å². The second-order valence-electron chi connectivity index (χ2n) is 4.16. The average Bonchev–Trinajstić information content (AvgIpc) is 3.16. The zero-order valence-electron chi connectivity index (χ0n) is 10.8. The van der Waals surface area contributed by atoms with Gasteiger partial charge in [0.05, 0.1) is 11.4 Å². The van der Waals surface area contributed by atoms with Crippen LogP contribution >= 0.6 is 0 Å². The van der Waals surface area contributed by atoms with Crippen LogP contribution in [0.15, 0.2) is 43.8 Å². The smallest absolute Gasteiger partial charge is 0.156 e. The van der Waals surface area contributed by atoms with E-state index in [9.17, 15) is 0 Å². The highest BCUT2D eigenvalue weighted by molar-refractivity contribution is 5.60. The Bertz CT molecular complexity index is 704. The summed E-state index contributed by atoms with van der Waals surface area (Å²) in [6.07, 6.45) is 6.96.